The van der Waals surface area contributed by atoms with Gasteiger partial charge in [0.2, 0.25) is 0 Å². The van der Waals surface area contributed by atoms with Crippen LogP contribution < -0.4 is 0 Å². The third kappa shape index (κ3) is 2.63. The van der Waals surface area contributed by atoms with Gasteiger partial charge in [-0.15, -0.1) is 0 Å². The van der Waals surface area contributed by atoms with Crippen LogP contribution in [0.5, 0.6) is 0 Å². The van der Waals surface area contributed by atoms with E-state index in [9.17, 15) is 0 Å². The zero-order valence-corrected chi connectivity index (χ0v) is 10.0. The lowest BCUT2D eigenvalue weighted by molar-refractivity contribution is 0.927. The minimum atomic E-state index is 0.832. The molecular formula is C12H11BrN2. The van der Waals surface area contributed by atoms with Crippen molar-refractivity contribution in [2.45, 2.75) is 13.3 Å². The first kappa shape index (κ1) is 10.3. The maximum atomic E-state index is 4.10. The average molecular weight is 263 g/mol. The van der Waals surface area contributed by atoms with Crippen LogP contribution in [0.4, 0.5) is 0 Å². The van der Waals surface area contributed by atoms with Crippen LogP contribution in [-0.2, 0) is 6.42 Å². The highest BCUT2D eigenvalue weighted by molar-refractivity contribution is 9.10. The van der Waals surface area contributed by atoms with E-state index in [0.717, 1.165) is 16.6 Å². The van der Waals surface area contributed by atoms with Gasteiger partial charge in [-0.05, 0) is 40.0 Å². The van der Waals surface area contributed by atoms with Crippen molar-refractivity contribution in [3.63, 3.8) is 0 Å². The number of aryl methyl sites for hydroxylation is 1. The normalized spacial score (nSPS) is 10.3. The summed E-state index contributed by atoms with van der Waals surface area (Å²) in [6.45, 7) is 2.11. The van der Waals surface area contributed by atoms with Gasteiger partial charge in [-0.25, -0.2) is 0 Å². The maximum Gasteiger partial charge on any atom is 0.0686 e. The minimum Gasteiger partial charge on any atom is -0.158 e. The molecule has 0 unspecified atom stereocenters. The smallest absolute Gasteiger partial charge is 0.0686 e. The highest BCUT2D eigenvalue weighted by Crippen LogP contribution is 2.14. The Morgan fingerprint density at radius 2 is 2.07 bits per heavy atom. The Kier molecular flexibility index (Phi) is 3.11. The predicted molar refractivity (Wildman–Crippen MR) is 63.7 cm³/mol. The van der Waals surface area contributed by atoms with Crippen molar-refractivity contribution in [3.8, 4) is 0 Å². The maximum absolute atomic E-state index is 4.10. The summed E-state index contributed by atoms with van der Waals surface area (Å²) in [6.07, 6.45) is 2.53. The largest absolute Gasteiger partial charge is 0.158 e. The summed E-state index contributed by atoms with van der Waals surface area (Å²) >= 11 is 3.39. The second-order valence-electron chi connectivity index (χ2n) is 3.47. The van der Waals surface area contributed by atoms with E-state index in [1.54, 1.807) is 6.20 Å². The standard InChI is InChI=1S/C12H11BrN2/c1-9-4-2-3-5-10(9)6-12-7-11(13)8-14-15-12/h2-5,7-8H,6H2,1H3. The molecule has 15 heavy (non-hydrogen) atoms. The molecule has 0 spiro atoms. The van der Waals surface area contributed by atoms with Gasteiger partial charge in [-0.1, -0.05) is 24.3 Å². The van der Waals surface area contributed by atoms with E-state index in [1.165, 1.54) is 11.1 Å². The summed E-state index contributed by atoms with van der Waals surface area (Å²) in [6, 6.07) is 10.3. The molecule has 1 aromatic heterocycles. The number of nitrogens with zero attached hydrogens (tertiary/aromatic N) is 2. The molecule has 2 rings (SSSR count). The number of rotatable bonds is 2. The second kappa shape index (κ2) is 4.53. The van der Waals surface area contributed by atoms with Gasteiger partial charge in [0.15, 0.2) is 0 Å². The molecule has 76 valence electrons. The van der Waals surface area contributed by atoms with Crippen LogP contribution in [-0.4, -0.2) is 10.2 Å². The first-order valence-corrected chi connectivity index (χ1v) is 5.56. The Morgan fingerprint density at radius 1 is 1.27 bits per heavy atom. The molecule has 0 fully saturated rings. The Labute approximate surface area is 97.5 Å². The summed E-state index contributed by atoms with van der Waals surface area (Å²) < 4.78 is 0.973. The molecule has 0 radical (unpaired) electrons. The van der Waals surface area contributed by atoms with Crippen LogP contribution in [0.2, 0.25) is 0 Å². The molecule has 0 bridgehead atoms. The van der Waals surface area contributed by atoms with Gasteiger partial charge in [-0.2, -0.15) is 10.2 Å². The number of benzene rings is 1. The second-order valence-corrected chi connectivity index (χ2v) is 4.38. The minimum absolute atomic E-state index is 0.832. The molecule has 0 aliphatic heterocycles. The molecule has 0 amide bonds. The van der Waals surface area contributed by atoms with Crippen LogP contribution in [0.3, 0.4) is 0 Å². The molecule has 0 saturated heterocycles. The fourth-order valence-electron chi connectivity index (χ4n) is 1.47. The quantitative estimate of drug-likeness (QED) is 0.831. The van der Waals surface area contributed by atoms with Gasteiger partial charge < -0.3 is 0 Å². The van der Waals surface area contributed by atoms with Crippen molar-refractivity contribution < 1.29 is 0 Å². The highest BCUT2D eigenvalue weighted by Gasteiger charge is 2.01. The first-order chi connectivity index (χ1) is 7.25. The summed E-state index contributed by atoms with van der Waals surface area (Å²) in [5, 5.41) is 8.01. The van der Waals surface area contributed by atoms with Crippen LogP contribution in [0.25, 0.3) is 0 Å². The lowest BCUT2D eigenvalue weighted by Crippen LogP contribution is -1.96. The summed E-state index contributed by atoms with van der Waals surface area (Å²) in [7, 11) is 0. The Bertz CT molecular complexity index is 469. The van der Waals surface area contributed by atoms with Crippen molar-refractivity contribution >= 4 is 15.9 Å². The van der Waals surface area contributed by atoms with E-state index in [-0.39, 0.29) is 0 Å². The molecule has 0 aliphatic rings. The van der Waals surface area contributed by atoms with Crippen LogP contribution >= 0.6 is 15.9 Å². The van der Waals surface area contributed by atoms with Crippen molar-refractivity contribution in [3.05, 3.63) is 57.8 Å². The van der Waals surface area contributed by atoms with Gasteiger partial charge >= 0.3 is 0 Å². The molecule has 0 aliphatic carbocycles. The van der Waals surface area contributed by atoms with E-state index in [0.29, 0.717) is 0 Å². The lowest BCUT2D eigenvalue weighted by Gasteiger charge is -2.04. The predicted octanol–water partition coefficient (Wildman–Crippen LogP) is 3.14. The number of hydrogen-bond acceptors (Lipinski definition) is 2. The summed E-state index contributed by atoms with van der Waals surface area (Å²) in [4.78, 5) is 0. The van der Waals surface area contributed by atoms with E-state index in [2.05, 4.69) is 45.2 Å². The van der Waals surface area contributed by atoms with E-state index in [4.69, 9.17) is 0 Å². The molecule has 3 heteroatoms. The van der Waals surface area contributed by atoms with Crippen LogP contribution in [0, 0.1) is 6.92 Å². The number of aromatic nitrogens is 2. The fourth-order valence-corrected chi connectivity index (χ4v) is 1.83. The molecule has 0 atom stereocenters. The monoisotopic (exact) mass is 262 g/mol. The molecule has 0 N–H and O–H groups in total. The van der Waals surface area contributed by atoms with Crippen LogP contribution in [0.1, 0.15) is 16.8 Å². The Morgan fingerprint density at radius 3 is 2.80 bits per heavy atom. The Hall–Kier alpha value is -1.22. The van der Waals surface area contributed by atoms with Gasteiger partial charge in [0.05, 0.1) is 11.9 Å². The number of hydrogen-bond donors (Lipinski definition) is 0. The summed E-state index contributed by atoms with van der Waals surface area (Å²) in [5.74, 6) is 0. The molecule has 2 aromatic rings. The first-order valence-electron chi connectivity index (χ1n) is 4.77. The van der Waals surface area contributed by atoms with Gasteiger partial charge in [-0.3, -0.25) is 0 Å². The number of halogens is 1. The zero-order valence-electron chi connectivity index (χ0n) is 8.44. The molecule has 1 heterocycles. The van der Waals surface area contributed by atoms with Gasteiger partial charge in [0, 0.05) is 10.9 Å². The topological polar surface area (TPSA) is 25.8 Å². The molecule has 2 nitrogen and oxygen atoms in total. The van der Waals surface area contributed by atoms with Crippen LogP contribution in [0.15, 0.2) is 41.0 Å². The lowest BCUT2D eigenvalue weighted by atomic mass is 10.0. The third-order valence-electron chi connectivity index (χ3n) is 2.30. The van der Waals surface area contributed by atoms with Gasteiger partial charge in [0.25, 0.3) is 0 Å². The van der Waals surface area contributed by atoms with E-state index < -0.39 is 0 Å². The Balaban J connectivity index is 2.26. The van der Waals surface area contributed by atoms with Crippen molar-refractivity contribution in [1.29, 1.82) is 0 Å². The SMILES string of the molecule is Cc1ccccc1Cc1cc(Br)cnn1. The van der Waals surface area contributed by atoms with Gasteiger partial charge in [0.1, 0.15) is 0 Å². The highest BCUT2D eigenvalue weighted by atomic mass is 79.9. The van der Waals surface area contributed by atoms with E-state index >= 15 is 0 Å². The fraction of sp³-hybridized carbons (Fsp3) is 0.167. The van der Waals surface area contributed by atoms with Crippen molar-refractivity contribution in [2.75, 3.05) is 0 Å². The molecular weight excluding hydrogens is 252 g/mol. The van der Waals surface area contributed by atoms with E-state index in [1.807, 2.05) is 18.2 Å². The molecule has 0 saturated carbocycles. The third-order valence-corrected chi connectivity index (χ3v) is 2.74. The summed E-state index contributed by atoms with van der Waals surface area (Å²) in [5.41, 5.74) is 3.57. The average Bonchev–Trinajstić information content (AvgIpc) is 2.22. The zero-order chi connectivity index (χ0) is 10.7. The van der Waals surface area contributed by atoms with Crippen molar-refractivity contribution in [2.24, 2.45) is 0 Å². The molecule has 1 aromatic carbocycles. The van der Waals surface area contributed by atoms with Crippen molar-refractivity contribution in [1.82, 2.24) is 10.2 Å².